The molecule has 1 N–H and O–H groups in total. The Labute approximate surface area is 196 Å². The Kier molecular flexibility index (Phi) is 5.40. The number of benzene rings is 1. The second kappa shape index (κ2) is 8.69. The minimum Gasteiger partial charge on any atom is -0.457 e. The van der Waals surface area contributed by atoms with Gasteiger partial charge in [-0.2, -0.15) is 0 Å². The quantitative estimate of drug-likeness (QED) is 0.388. The zero-order valence-corrected chi connectivity index (χ0v) is 19.1. The van der Waals surface area contributed by atoms with Gasteiger partial charge < -0.3 is 9.84 Å². The number of hydrogen-bond acceptors (Lipinski definition) is 6. The zero-order valence-electron chi connectivity index (χ0n) is 18.3. The fourth-order valence-electron chi connectivity index (χ4n) is 4.78. The summed E-state index contributed by atoms with van der Waals surface area (Å²) >= 11 is 1.70. The molecule has 33 heavy (non-hydrogen) atoms. The fourth-order valence-corrected chi connectivity index (χ4v) is 5.87. The van der Waals surface area contributed by atoms with Gasteiger partial charge in [-0.25, -0.2) is 4.98 Å². The van der Waals surface area contributed by atoms with Gasteiger partial charge in [0.1, 0.15) is 11.5 Å². The summed E-state index contributed by atoms with van der Waals surface area (Å²) in [5.74, 6) is 1.83. The van der Waals surface area contributed by atoms with Crippen molar-refractivity contribution >= 4 is 27.6 Å². The lowest BCUT2D eigenvalue weighted by Gasteiger charge is -2.26. The van der Waals surface area contributed by atoms with Crippen LogP contribution < -0.4 is 4.74 Å². The van der Waals surface area contributed by atoms with Gasteiger partial charge >= 0.3 is 0 Å². The minimum absolute atomic E-state index is 0.193. The van der Waals surface area contributed by atoms with Gasteiger partial charge in [-0.3, -0.25) is 9.97 Å². The van der Waals surface area contributed by atoms with E-state index in [-0.39, 0.29) is 6.10 Å². The van der Waals surface area contributed by atoms with Crippen molar-refractivity contribution in [1.29, 1.82) is 0 Å². The number of nitrogens with zero attached hydrogens (tertiary/aromatic N) is 3. The molecule has 166 valence electrons. The summed E-state index contributed by atoms with van der Waals surface area (Å²) in [6.45, 7) is 0. The Morgan fingerprint density at radius 3 is 2.82 bits per heavy atom. The molecule has 1 fully saturated rings. The molecule has 1 saturated carbocycles. The number of allylic oxidation sites excluding steroid dienone is 1. The van der Waals surface area contributed by atoms with E-state index in [2.05, 4.69) is 28.2 Å². The van der Waals surface area contributed by atoms with Gasteiger partial charge in [0, 0.05) is 30.9 Å². The maximum absolute atomic E-state index is 10.3. The van der Waals surface area contributed by atoms with Crippen molar-refractivity contribution in [2.45, 2.75) is 44.6 Å². The summed E-state index contributed by atoms with van der Waals surface area (Å²) in [5.41, 5.74) is 5.08. The van der Waals surface area contributed by atoms with Crippen molar-refractivity contribution in [2.24, 2.45) is 5.92 Å². The van der Waals surface area contributed by atoms with Crippen LogP contribution in [-0.2, 0) is 12.8 Å². The number of pyridine rings is 2. The van der Waals surface area contributed by atoms with Crippen LogP contribution in [-0.4, -0.2) is 26.2 Å². The first-order valence-electron chi connectivity index (χ1n) is 11.6. The molecule has 2 atom stereocenters. The van der Waals surface area contributed by atoms with Gasteiger partial charge in [0.25, 0.3) is 0 Å². The number of aliphatic hydroxyl groups is 1. The van der Waals surface area contributed by atoms with Gasteiger partial charge in [0.2, 0.25) is 0 Å². The van der Waals surface area contributed by atoms with E-state index < -0.39 is 0 Å². The number of ether oxygens (including phenoxy) is 1. The van der Waals surface area contributed by atoms with Crippen LogP contribution in [0.15, 0.2) is 54.9 Å². The predicted molar refractivity (Wildman–Crippen MR) is 132 cm³/mol. The highest BCUT2D eigenvalue weighted by atomic mass is 32.1. The predicted octanol–water partition coefficient (Wildman–Crippen LogP) is 6.21. The van der Waals surface area contributed by atoms with E-state index in [0.717, 1.165) is 70.2 Å². The number of thiazole rings is 1. The summed E-state index contributed by atoms with van der Waals surface area (Å²) in [6.07, 6.45) is 13.9. The molecule has 0 bridgehead atoms. The molecule has 3 heterocycles. The maximum atomic E-state index is 10.3. The lowest BCUT2D eigenvalue weighted by atomic mass is 9.84. The lowest BCUT2D eigenvalue weighted by Crippen LogP contribution is -2.26. The van der Waals surface area contributed by atoms with E-state index in [1.807, 2.05) is 36.5 Å². The van der Waals surface area contributed by atoms with Gasteiger partial charge in [-0.15, -0.1) is 11.3 Å². The average molecular weight is 456 g/mol. The third kappa shape index (κ3) is 4.28. The summed E-state index contributed by atoms with van der Waals surface area (Å²) in [7, 11) is 0. The van der Waals surface area contributed by atoms with Crippen molar-refractivity contribution in [1.82, 2.24) is 15.0 Å². The van der Waals surface area contributed by atoms with E-state index in [1.54, 1.807) is 17.5 Å². The Bertz CT molecular complexity index is 1350. The van der Waals surface area contributed by atoms with E-state index in [0.29, 0.717) is 5.92 Å². The maximum Gasteiger partial charge on any atom is 0.131 e. The zero-order chi connectivity index (χ0) is 22.2. The molecule has 2 aliphatic rings. The normalized spacial score (nSPS) is 19.7. The molecule has 0 spiro atoms. The van der Waals surface area contributed by atoms with Crippen LogP contribution in [0.5, 0.6) is 11.5 Å². The molecule has 3 aromatic heterocycles. The summed E-state index contributed by atoms with van der Waals surface area (Å²) in [5, 5.41) is 11.4. The topological polar surface area (TPSA) is 68.1 Å². The second-order valence-corrected chi connectivity index (χ2v) is 10.0. The molecule has 0 radical (unpaired) electrons. The summed E-state index contributed by atoms with van der Waals surface area (Å²) in [6, 6.07) is 11.9. The van der Waals surface area contributed by atoms with Gasteiger partial charge in [-0.1, -0.05) is 25.0 Å². The van der Waals surface area contributed by atoms with Gasteiger partial charge in [0.05, 0.1) is 32.7 Å². The van der Waals surface area contributed by atoms with E-state index in [4.69, 9.17) is 9.72 Å². The van der Waals surface area contributed by atoms with Crippen molar-refractivity contribution < 1.29 is 9.84 Å². The van der Waals surface area contributed by atoms with E-state index in [9.17, 15) is 5.11 Å². The van der Waals surface area contributed by atoms with Crippen LogP contribution in [0.25, 0.3) is 27.7 Å². The Balaban J connectivity index is 1.21. The minimum atomic E-state index is -0.193. The third-order valence-corrected chi connectivity index (χ3v) is 7.64. The first kappa shape index (κ1) is 20.5. The second-order valence-electron chi connectivity index (χ2n) is 8.91. The van der Waals surface area contributed by atoms with Crippen LogP contribution in [0.4, 0.5) is 0 Å². The lowest BCUT2D eigenvalue weighted by molar-refractivity contribution is 0.0700. The molecule has 0 amide bonds. The fraction of sp³-hybridized carbons (Fsp3) is 0.296. The SMILES string of the molecule is O[C@@H]1CCCC[C@H]1Cc1nc2ccc(Oc3ccnc(-c4cc5c(cn4)CC=C5)c3)cc2s1. The molecule has 1 aromatic carbocycles. The Hall–Kier alpha value is -3.09. The molecule has 6 heteroatoms. The summed E-state index contributed by atoms with van der Waals surface area (Å²) in [4.78, 5) is 13.9. The van der Waals surface area contributed by atoms with Gasteiger partial charge in [-0.05, 0) is 60.6 Å². The van der Waals surface area contributed by atoms with Crippen molar-refractivity contribution in [3.8, 4) is 22.9 Å². The first-order chi connectivity index (χ1) is 16.2. The molecule has 4 aromatic rings. The van der Waals surface area contributed by atoms with Crippen molar-refractivity contribution in [2.75, 3.05) is 0 Å². The molecule has 0 aliphatic heterocycles. The third-order valence-electron chi connectivity index (χ3n) is 6.60. The number of hydrogen-bond donors (Lipinski definition) is 1. The van der Waals surface area contributed by atoms with Crippen LogP contribution in [0.2, 0.25) is 0 Å². The molecule has 0 saturated heterocycles. The van der Waals surface area contributed by atoms with E-state index >= 15 is 0 Å². The molecule has 2 aliphatic carbocycles. The first-order valence-corrected chi connectivity index (χ1v) is 12.4. The number of aliphatic hydroxyl groups excluding tert-OH is 1. The Morgan fingerprint density at radius 2 is 1.88 bits per heavy atom. The van der Waals surface area contributed by atoms with E-state index in [1.165, 1.54) is 17.5 Å². The van der Waals surface area contributed by atoms with Crippen LogP contribution in [0.3, 0.4) is 0 Å². The standard InChI is InChI=1S/C27H25N3O2S/c31-25-7-2-1-4-18(25)13-27-30-22-9-8-20(15-26(22)33-27)32-21-10-11-28-24(14-21)23-12-17-5-3-6-19(17)16-29-23/h3,5,8-12,14-16,18,25,31H,1-2,4,6-7,13H2/t18-,25+/m0/s1. The highest BCUT2D eigenvalue weighted by Crippen LogP contribution is 2.34. The van der Waals surface area contributed by atoms with Crippen LogP contribution >= 0.6 is 11.3 Å². The largest absolute Gasteiger partial charge is 0.457 e. The number of fused-ring (bicyclic) bond motifs is 2. The van der Waals surface area contributed by atoms with Crippen molar-refractivity contribution in [3.05, 3.63) is 71.0 Å². The summed E-state index contributed by atoms with van der Waals surface area (Å²) < 4.78 is 7.28. The van der Waals surface area contributed by atoms with Crippen LogP contribution in [0, 0.1) is 5.92 Å². The number of rotatable bonds is 5. The molecule has 0 unspecified atom stereocenters. The molecule has 5 nitrogen and oxygen atoms in total. The molecule has 6 rings (SSSR count). The molecular weight excluding hydrogens is 430 g/mol. The monoisotopic (exact) mass is 455 g/mol. The van der Waals surface area contributed by atoms with Crippen molar-refractivity contribution in [3.63, 3.8) is 0 Å². The average Bonchev–Trinajstić information content (AvgIpc) is 3.46. The number of aromatic nitrogens is 3. The van der Waals surface area contributed by atoms with Crippen LogP contribution in [0.1, 0.15) is 41.8 Å². The Morgan fingerprint density at radius 1 is 1.00 bits per heavy atom. The van der Waals surface area contributed by atoms with Gasteiger partial charge in [0.15, 0.2) is 0 Å². The highest BCUT2D eigenvalue weighted by molar-refractivity contribution is 7.18. The smallest absolute Gasteiger partial charge is 0.131 e. The molecular formula is C27H25N3O2S. The highest BCUT2D eigenvalue weighted by Gasteiger charge is 2.24.